The molecule has 0 aliphatic heterocycles. The maximum atomic E-state index is 12.0. The Morgan fingerprint density at radius 2 is 2.14 bits per heavy atom. The van der Waals surface area contributed by atoms with Gasteiger partial charge in [-0.25, -0.2) is 13.2 Å². The third-order valence-electron chi connectivity index (χ3n) is 2.71. The SMILES string of the molecule is CCCS(=O)(=O)N(C)c1cccc(OCCNC(=O)O)c1. The summed E-state index contributed by atoms with van der Waals surface area (Å²) >= 11 is 0. The number of carbonyl (C=O) groups is 1. The van der Waals surface area contributed by atoms with E-state index in [4.69, 9.17) is 9.84 Å². The van der Waals surface area contributed by atoms with Crippen LogP contribution in [-0.2, 0) is 10.0 Å². The maximum absolute atomic E-state index is 12.0. The molecule has 1 rings (SSSR count). The van der Waals surface area contributed by atoms with Crippen molar-refractivity contribution in [2.75, 3.05) is 30.3 Å². The summed E-state index contributed by atoms with van der Waals surface area (Å²) in [6.07, 6.45) is -0.568. The first-order valence-electron chi connectivity index (χ1n) is 6.53. The highest BCUT2D eigenvalue weighted by molar-refractivity contribution is 7.92. The number of amides is 1. The Kier molecular flexibility index (Phi) is 6.29. The number of hydrogen-bond acceptors (Lipinski definition) is 4. The van der Waals surface area contributed by atoms with Crippen LogP contribution >= 0.6 is 0 Å². The van der Waals surface area contributed by atoms with Gasteiger partial charge in [0, 0.05) is 13.1 Å². The molecule has 0 unspecified atom stereocenters. The summed E-state index contributed by atoms with van der Waals surface area (Å²) in [6.45, 7) is 2.13. The summed E-state index contributed by atoms with van der Waals surface area (Å²) in [5, 5.41) is 10.6. The molecule has 0 fully saturated rings. The van der Waals surface area contributed by atoms with Gasteiger partial charge in [0.2, 0.25) is 10.0 Å². The van der Waals surface area contributed by atoms with E-state index in [2.05, 4.69) is 5.32 Å². The largest absolute Gasteiger partial charge is 0.492 e. The molecule has 1 aromatic rings. The van der Waals surface area contributed by atoms with Crippen LogP contribution in [0, 0.1) is 0 Å². The Labute approximate surface area is 124 Å². The minimum atomic E-state index is -3.33. The number of carboxylic acid groups (broad SMARTS) is 1. The van der Waals surface area contributed by atoms with Crippen LogP contribution in [0.5, 0.6) is 5.75 Å². The van der Waals surface area contributed by atoms with Crippen LogP contribution in [0.25, 0.3) is 0 Å². The van der Waals surface area contributed by atoms with E-state index in [-0.39, 0.29) is 18.9 Å². The fourth-order valence-electron chi connectivity index (χ4n) is 1.65. The van der Waals surface area contributed by atoms with E-state index in [9.17, 15) is 13.2 Å². The van der Waals surface area contributed by atoms with E-state index in [0.29, 0.717) is 17.9 Å². The van der Waals surface area contributed by atoms with Crippen LogP contribution in [0.3, 0.4) is 0 Å². The van der Waals surface area contributed by atoms with Crippen molar-refractivity contribution in [3.8, 4) is 5.75 Å². The highest BCUT2D eigenvalue weighted by Crippen LogP contribution is 2.22. The summed E-state index contributed by atoms with van der Waals surface area (Å²) in [4.78, 5) is 10.3. The Morgan fingerprint density at radius 3 is 2.76 bits per heavy atom. The van der Waals surface area contributed by atoms with Crippen molar-refractivity contribution in [2.24, 2.45) is 0 Å². The second-order valence-corrected chi connectivity index (χ2v) is 6.48. The third kappa shape index (κ3) is 5.50. The molecule has 118 valence electrons. The first-order chi connectivity index (χ1) is 9.86. The van der Waals surface area contributed by atoms with Crippen molar-refractivity contribution in [2.45, 2.75) is 13.3 Å². The molecule has 0 aliphatic rings. The maximum Gasteiger partial charge on any atom is 0.404 e. The van der Waals surface area contributed by atoms with E-state index in [0.717, 1.165) is 0 Å². The molecule has 0 saturated heterocycles. The lowest BCUT2D eigenvalue weighted by Crippen LogP contribution is -2.28. The fourth-order valence-corrected chi connectivity index (χ4v) is 2.88. The van der Waals surface area contributed by atoms with Gasteiger partial charge in [0.15, 0.2) is 0 Å². The van der Waals surface area contributed by atoms with Crippen LogP contribution in [0.1, 0.15) is 13.3 Å². The Bertz CT molecular complexity index is 574. The van der Waals surface area contributed by atoms with Gasteiger partial charge < -0.3 is 15.2 Å². The third-order valence-corrected chi connectivity index (χ3v) is 4.68. The summed E-state index contributed by atoms with van der Waals surface area (Å²) < 4.78 is 30.6. The molecule has 0 aliphatic carbocycles. The van der Waals surface area contributed by atoms with E-state index >= 15 is 0 Å². The first-order valence-corrected chi connectivity index (χ1v) is 8.14. The minimum absolute atomic E-state index is 0.0805. The summed E-state index contributed by atoms with van der Waals surface area (Å²) in [5.74, 6) is 0.565. The zero-order chi connectivity index (χ0) is 15.9. The van der Waals surface area contributed by atoms with Gasteiger partial charge in [-0.3, -0.25) is 4.31 Å². The van der Waals surface area contributed by atoms with Gasteiger partial charge in [-0.15, -0.1) is 0 Å². The van der Waals surface area contributed by atoms with Crippen LogP contribution < -0.4 is 14.4 Å². The molecule has 8 heteroatoms. The van der Waals surface area contributed by atoms with Crippen LogP contribution in [0.4, 0.5) is 10.5 Å². The minimum Gasteiger partial charge on any atom is -0.492 e. The lowest BCUT2D eigenvalue weighted by Gasteiger charge is -2.19. The number of benzene rings is 1. The van der Waals surface area contributed by atoms with E-state index < -0.39 is 16.1 Å². The first kappa shape index (κ1) is 17.1. The van der Waals surface area contributed by atoms with Gasteiger partial charge in [-0.1, -0.05) is 13.0 Å². The summed E-state index contributed by atoms with van der Waals surface area (Å²) in [7, 11) is -1.83. The second kappa shape index (κ2) is 7.72. The highest BCUT2D eigenvalue weighted by atomic mass is 32.2. The number of nitrogens with zero attached hydrogens (tertiary/aromatic N) is 1. The molecule has 1 amide bonds. The van der Waals surface area contributed by atoms with Crippen molar-refractivity contribution >= 4 is 21.8 Å². The topological polar surface area (TPSA) is 95.9 Å². The van der Waals surface area contributed by atoms with Crippen LogP contribution in [-0.4, -0.2) is 45.6 Å². The van der Waals surface area contributed by atoms with Gasteiger partial charge in [-0.2, -0.15) is 0 Å². The molecule has 0 atom stereocenters. The normalized spacial score (nSPS) is 11.0. The van der Waals surface area contributed by atoms with Crippen molar-refractivity contribution in [3.63, 3.8) is 0 Å². The number of hydrogen-bond donors (Lipinski definition) is 2. The molecule has 0 saturated carbocycles. The number of anilines is 1. The molecule has 2 N–H and O–H groups in total. The molecule has 0 aromatic heterocycles. The summed E-state index contributed by atoms with van der Waals surface area (Å²) in [5.41, 5.74) is 0.507. The number of sulfonamides is 1. The second-order valence-electron chi connectivity index (χ2n) is 4.36. The monoisotopic (exact) mass is 316 g/mol. The molecule has 0 radical (unpaired) electrons. The van der Waals surface area contributed by atoms with E-state index in [1.807, 2.05) is 0 Å². The molecule has 0 bridgehead atoms. The van der Waals surface area contributed by atoms with Crippen molar-refractivity contribution in [3.05, 3.63) is 24.3 Å². The molecule has 21 heavy (non-hydrogen) atoms. The molecule has 0 heterocycles. The summed E-state index contributed by atoms with van der Waals surface area (Å²) in [6, 6.07) is 6.65. The van der Waals surface area contributed by atoms with Gasteiger partial charge >= 0.3 is 6.09 Å². The zero-order valence-electron chi connectivity index (χ0n) is 12.1. The molecular weight excluding hydrogens is 296 g/mol. The lowest BCUT2D eigenvalue weighted by molar-refractivity contribution is 0.191. The predicted molar refractivity (Wildman–Crippen MR) is 80.4 cm³/mol. The number of ether oxygens (including phenoxy) is 1. The average Bonchev–Trinajstić information content (AvgIpc) is 2.43. The Morgan fingerprint density at radius 1 is 1.43 bits per heavy atom. The lowest BCUT2D eigenvalue weighted by atomic mass is 10.3. The molecule has 7 nitrogen and oxygen atoms in total. The highest BCUT2D eigenvalue weighted by Gasteiger charge is 2.17. The number of nitrogens with one attached hydrogen (secondary N) is 1. The van der Waals surface area contributed by atoms with Gasteiger partial charge in [0.05, 0.1) is 18.0 Å². The quantitative estimate of drug-likeness (QED) is 0.709. The Balaban J connectivity index is 2.69. The van der Waals surface area contributed by atoms with Crippen molar-refractivity contribution < 1.29 is 23.1 Å². The van der Waals surface area contributed by atoms with Gasteiger partial charge in [0.25, 0.3) is 0 Å². The molecular formula is C13H20N2O5S. The van der Waals surface area contributed by atoms with Crippen molar-refractivity contribution in [1.82, 2.24) is 5.32 Å². The van der Waals surface area contributed by atoms with Gasteiger partial charge in [-0.05, 0) is 18.6 Å². The Hall–Kier alpha value is -1.96. The standard InChI is InChI=1S/C13H20N2O5S/c1-3-9-21(18,19)15(2)11-5-4-6-12(10-11)20-8-7-14-13(16)17/h4-6,10,14H,3,7-9H2,1-2H3,(H,16,17). The molecule has 1 aromatic carbocycles. The fraction of sp³-hybridized carbons (Fsp3) is 0.462. The zero-order valence-corrected chi connectivity index (χ0v) is 12.9. The van der Waals surface area contributed by atoms with E-state index in [1.54, 1.807) is 31.2 Å². The van der Waals surface area contributed by atoms with Crippen LogP contribution in [0.2, 0.25) is 0 Å². The van der Waals surface area contributed by atoms with Crippen molar-refractivity contribution in [1.29, 1.82) is 0 Å². The smallest absolute Gasteiger partial charge is 0.404 e. The van der Waals surface area contributed by atoms with E-state index in [1.165, 1.54) is 11.4 Å². The van der Waals surface area contributed by atoms with Crippen LogP contribution in [0.15, 0.2) is 24.3 Å². The molecule has 0 spiro atoms. The average molecular weight is 316 g/mol. The predicted octanol–water partition coefficient (Wildman–Crippen LogP) is 1.51. The number of rotatable bonds is 8. The van der Waals surface area contributed by atoms with Gasteiger partial charge in [0.1, 0.15) is 12.4 Å².